The summed E-state index contributed by atoms with van der Waals surface area (Å²) in [4.78, 5) is 11.7. The summed E-state index contributed by atoms with van der Waals surface area (Å²) in [5, 5.41) is 0.427. The van der Waals surface area contributed by atoms with Crippen molar-refractivity contribution < 1.29 is 13.2 Å². The van der Waals surface area contributed by atoms with Crippen LogP contribution in [-0.2, 0) is 14.8 Å². The Balaban J connectivity index is 2.52. The van der Waals surface area contributed by atoms with Gasteiger partial charge in [-0.1, -0.05) is 11.6 Å². The van der Waals surface area contributed by atoms with Crippen molar-refractivity contribution in [3.05, 3.63) is 48.8 Å². The summed E-state index contributed by atoms with van der Waals surface area (Å²) in [6.45, 7) is 0. The predicted molar refractivity (Wildman–Crippen MR) is 93.0 cm³/mol. The lowest BCUT2D eigenvalue weighted by molar-refractivity contribution is -0.110. The van der Waals surface area contributed by atoms with E-state index in [9.17, 15) is 13.2 Å². The summed E-state index contributed by atoms with van der Waals surface area (Å²) in [5.41, 5.74) is 0.114. The highest BCUT2D eigenvalue weighted by Gasteiger charge is 2.25. The Bertz CT molecular complexity index is 811. The van der Waals surface area contributed by atoms with Gasteiger partial charge in [0, 0.05) is 5.02 Å². The molecule has 21 heavy (non-hydrogen) atoms. The van der Waals surface area contributed by atoms with Gasteiger partial charge in [-0.2, -0.15) is 12.8 Å². The molecular formula is C12H5Br3ClNO3S. The number of halogens is 4. The molecule has 110 valence electrons. The fourth-order valence-corrected chi connectivity index (χ4v) is 4.13. The van der Waals surface area contributed by atoms with Crippen molar-refractivity contribution in [3.8, 4) is 0 Å². The number of rotatable bonds is 2. The molecule has 1 aromatic carbocycles. The molecular weight excluding hydrogens is 513 g/mol. The number of benzene rings is 1. The maximum absolute atomic E-state index is 12.2. The molecule has 0 aromatic heterocycles. The second-order valence-electron chi connectivity index (χ2n) is 3.85. The fourth-order valence-electron chi connectivity index (χ4n) is 1.42. The van der Waals surface area contributed by atoms with Gasteiger partial charge in [0.15, 0.2) is 0 Å². The third kappa shape index (κ3) is 3.73. The van der Waals surface area contributed by atoms with Crippen molar-refractivity contribution in [2.75, 3.05) is 0 Å². The van der Waals surface area contributed by atoms with Crippen LogP contribution >= 0.6 is 59.4 Å². The summed E-state index contributed by atoms with van der Waals surface area (Å²) in [5.74, 6) is -0.301. The van der Waals surface area contributed by atoms with Crippen LogP contribution in [0.25, 0.3) is 0 Å². The molecule has 0 N–H and O–H groups in total. The molecule has 0 saturated heterocycles. The van der Waals surface area contributed by atoms with Crippen molar-refractivity contribution in [1.82, 2.24) is 0 Å². The predicted octanol–water partition coefficient (Wildman–Crippen LogP) is 4.33. The summed E-state index contributed by atoms with van der Waals surface area (Å²) in [7, 11) is -3.91. The van der Waals surface area contributed by atoms with Gasteiger partial charge in [-0.15, -0.1) is 0 Å². The van der Waals surface area contributed by atoms with E-state index in [0.717, 1.165) is 0 Å². The summed E-state index contributed by atoms with van der Waals surface area (Å²) >= 11 is 15.0. The summed E-state index contributed by atoms with van der Waals surface area (Å²) < 4.78 is 28.9. The molecule has 1 aliphatic rings. The molecule has 0 radical (unpaired) electrons. The highest BCUT2D eigenvalue weighted by molar-refractivity contribution is 9.15. The van der Waals surface area contributed by atoms with E-state index in [1.54, 1.807) is 0 Å². The van der Waals surface area contributed by atoms with E-state index >= 15 is 0 Å². The van der Waals surface area contributed by atoms with E-state index in [1.807, 2.05) is 0 Å². The lowest BCUT2D eigenvalue weighted by atomic mass is 10.2. The first-order valence-corrected chi connectivity index (χ1v) is 9.50. The smallest absolute Gasteiger partial charge is 0.282 e. The Hall–Kier alpha value is -0.280. The Morgan fingerprint density at radius 3 is 2.14 bits per heavy atom. The molecule has 1 aliphatic carbocycles. The van der Waals surface area contributed by atoms with E-state index in [-0.39, 0.29) is 29.8 Å². The molecule has 0 spiro atoms. The quantitative estimate of drug-likeness (QED) is 0.548. The second-order valence-corrected chi connectivity index (χ2v) is 8.34. The number of sulfonamides is 1. The van der Waals surface area contributed by atoms with Gasteiger partial charge in [0.2, 0.25) is 5.78 Å². The molecule has 0 aliphatic heterocycles. The average Bonchev–Trinajstić information content (AvgIpc) is 2.42. The standard InChI is InChI=1S/C12H5Br3ClNO3S/c13-8-5-9(10(14)11(15)12(8)18)17-21(19,20)7-3-1-6(16)2-4-7/h1-5H. The zero-order valence-electron chi connectivity index (χ0n) is 9.98. The number of hydrogen-bond donors (Lipinski definition) is 0. The van der Waals surface area contributed by atoms with Crippen molar-refractivity contribution in [2.45, 2.75) is 4.90 Å². The number of hydrogen-bond acceptors (Lipinski definition) is 3. The maximum Gasteiger partial charge on any atom is 0.282 e. The summed E-state index contributed by atoms with van der Waals surface area (Å²) in [6, 6.07) is 5.65. The van der Waals surface area contributed by atoms with E-state index in [2.05, 4.69) is 52.2 Å². The number of carbonyl (C=O) groups is 1. The number of nitrogens with zero attached hydrogens (tertiary/aromatic N) is 1. The van der Waals surface area contributed by atoms with Crippen LogP contribution in [0.4, 0.5) is 0 Å². The van der Waals surface area contributed by atoms with Crippen molar-refractivity contribution in [2.24, 2.45) is 4.40 Å². The Kier molecular flexibility index (Phi) is 5.25. The first-order valence-electron chi connectivity index (χ1n) is 5.30. The molecule has 0 heterocycles. The number of Topliss-reactive ketones (excluding diaryl/α,β-unsaturated/α-hetero) is 1. The normalized spacial score (nSPS) is 18.2. The summed E-state index contributed by atoms with van der Waals surface area (Å²) in [6.07, 6.45) is 1.34. The van der Waals surface area contributed by atoms with Gasteiger partial charge in [0.25, 0.3) is 10.0 Å². The molecule has 1 aromatic rings. The molecule has 0 atom stereocenters. The van der Waals surface area contributed by atoms with E-state index < -0.39 is 10.0 Å². The highest BCUT2D eigenvalue weighted by Crippen LogP contribution is 2.31. The van der Waals surface area contributed by atoms with Crippen molar-refractivity contribution in [3.63, 3.8) is 0 Å². The minimum absolute atomic E-state index is 0.0113. The van der Waals surface area contributed by atoms with Crippen LogP contribution in [0.15, 0.2) is 53.1 Å². The van der Waals surface area contributed by atoms with E-state index in [1.165, 1.54) is 30.3 Å². The van der Waals surface area contributed by atoms with Crippen LogP contribution in [0.5, 0.6) is 0 Å². The first kappa shape index (κ1) is 17.1. The monoisotopic (exact) mass is 515 g/mol. The Labute approximate surface area is 151 Å². The number of carbonyl (C=O) groups excluding carboxylic acids is 1. The van der Waals surface area contributed by atoms with Crippen LogP contribution in [-0.4, -0.2) is 19.9 Å². The average molecular weight is 518 g/mol. The SMILES string of the molecule is O=C1C(Br)=CC(=NS(=O)(=O)c2ccc(Cl)cc2)C(Br)=C1Br. The van der Waals surface area contributed by atoms with E-state index in [4.69, 9.17) is 11.6 Å². The van der Waals surface area contributed by atoms with Gasteiger partial charge in [-0.3, -0.25) is 4.79 Å². The van der Waals surface area contributed by atoms with Gasteiger partial charge in [0.1, 0.15) is 0 Å². The van der Waals surface area contributed by atoms with Crippen LogP contribution in [0.1, 0.15) is 0 Å². The van der Waals surface area contributed by atoms with Gasteiger partial charge < -0.3 is 0 Å². The first-order chi connectivity index (χ1) is 9.72. The topological polar surface area (TPSA) is 63.6 Å². The van der Waals surface area contributed by atoms with Crippen molar-refractivity contribution >= 4 is 80.9 Å². The van der Waals surface area contributed by atoms with Gasteiger partial charge in [-0.25, -0.2) is 0 Å². The fraction of sp³-hybridized carbons (Fsp3) is 0. The maximum atomic E-state index is 12.2. The van der Waals surface area contributed by atoms with Crippen LogP contribution in [0, 0.1) is 0 Å². The molecule has 0 bridgehead atoms. The molecule has 0 unspecified atom stereocenters. The largest absolute Gasteiger partial charge is 0.287 e. The van der Waals surface area contributed by atoms with Crippen LogP contribution in [0.2, 0.25) is 5.02 Å². The van der Waals surface area contributed by atoms with E-state index in [0.29, 0.717) is 5.02 Å². The lowest BCUT2D eigenvalue weighted by Gasteiger charge is -2.10. The third-order valence-corrected chi connectivity index (χ3v) is 6.66. The van der Waals surface area contributed by atoms with Gasteiger partial charge in [-0.05, 0) is 78.1 Å². The van der Waals surface area contributed by atoms with Crippen LogP contribution < -0.4 is 0 Å². The second kappa shape index (κ2) is 6.45. The zero-order chi connectivity index (χ0) is 15.8. The zero-order valence-corrected chi connectivity index (χ0v) is 16.3. The Morgan fingerprint density at radius 1 is 1.00 bits per heavy atom. The van der Waals surface area contributed by atoms with Crippen molar-refractivity contribution in [1.29, 1.82) is 0 Å². The third-order valence-electron chi connectivity index (χ3n) is 2.43. The minimum Gasteiger partial charge on any atom is -0.287 e. The number of allylic oxidation sites excluding steroid dienone is 4. The van der Waals surface area contributed by atoms with Gasteiger partial charge in [0.05, 0.1) is 24.1 Å². The molecule has 9 heteroatoms. The molecule has 2 rings (SSSR count). The minimum atomic E-state index is -3.91. The lowest BCUT2D eigenvalue weighted by Crippen LogP contribution is -2.13. The molecule has 4 nitrogen and oxygen atoms in total. The molecule has 0 fully saturated rings. The number of ketones is 1. The molecule has 0 amide bonds. The molecule has 0 saturated carbocycles. The van der Waals surface area contributed by atoms with Gasteiger partial charge >= 0.3 is 0 Å². The Morgan fingerprint density at radius 2 is 1.57 bits per heavy atom. The highest BCUT2D eigenvalue weighted by atomic mass is 79.9. The van der Waals surface area contributed by atoms with Crippen LogP contribution in [0.3, 0.4) is 0 Å².